The van der Waals surface area contributed by atoms with Crippen molar-refractivity contribution >= 4 is 23.0 Å². The summed E-state index contributed by atoms with van der Waals surface area (Å²) in [4.78, 5) is 27.5. The van der Waals surface area contributed by atoms with E-state index in [1.807, 2.05) is 19.1 Å². The number of nitro groups is 1. The topological polar surface area (TPSA) is 88.0 Å². The van der Waals surface area contributed by atoms with Crippen molar-refractivity contribution in [3.63, 3.8) is 0 Å². The van der Waals surface area contributed by atoms with Crippen molar-refractivity contribution in [2.45, 2.75) is 13.5 Å². The Labute approximate surface area is 170 Å². The molecule has 0 bridgehead atoms. The van der Waals surface area contributed by atoms with Crippen LogP contribution in [0.5, 0.6) is 0 Å². The Kier molecular flexibility index (Phi) is 6.66. The Bertz CT molecular complexity index is 863. The lowest BCUT2D eigenvalue weighted by Gasteiger charge is -2.29. The molecule has 0 unspecified atom stereocenters. The van der Waals surface area contributed by atoms with Crippen LogP contribution in [0.3, 0.4) is 0 Å². The lowest BCUT2D eigenvalue weighted by Crippen LogP contribution is -2.36. The minimum Gasteiger partial charge on any atom is -0.380 e. The molecule has 8 nitrogen and oxygen atoms in total. The molecule has 1 N–H and O–H groups in total. The highest BCUT2D eigenvalue weighted by molar-refractivity contribution is 5.95. The molecule has 0 saturated carbocycles. The maximum absolute atomic E-state index is 12.8. The quantitative estimate of drug-likeness (QED) is 0.569. The second-order valence-electron chi connectivity index (χ2n) is 6.95. The molecule has 1 aliphatic rings. The molecule has 29 heavy (non-hydrogen) atoms. The Morgan fingerprint density at radius 3 is 2.52 bits per heavy atom. The third-order valence-electron chi connectivity index (χ3n) is 4.89. The highest BCUT2D eigenvalue weighted by atomic mass is 16.6. The van der Waals surface area contributed by atoms with Gasteiger partial charge in [0.1, 0.15) is 5.69 Å². The standard InChI is InChI=1S/C21H26N4O4/c1-3-22-19-9-6-17(14-20(19)25(27)28)21(26)23(2)15-16-4-7-18(8-5-16)24-10-12-29-13-11-24/h4-9,14,22H,3,10-13,15H2,1-2H3. The van der Waals surface area contributed by atoms with Gasteiger partial charge in [-0.25, -0.2) is 0 Å². The highest BCUT2D eigenvalue weighted by Gasteiger charge is 2.19. The maximum atomic E-state index is 12.8. The molecule has 1 heterocycles. The molecular formula is C21H26N4O4. The first-order valence-corrected chi connectivity index (χ1v) is 9.69. The van der Waals surface area contributed by atoms with E-state index in [0.717, 1.165) is 37.6 Å². The predicted octanol–water partition coefficient (Wildman–Crippen LogP) is 3.14. The van der Waals surface area contributed by atoms with Crippen LogP contribution in [-0.2, 0) is 11.3 Å². The highest BCUT2D eigenvalue weighted by Crippen LogP contribution is 2.26. The first-order chi connectivity index (χ1) is 14.0. The van der Waals surface area contributed by atoms with Crippen LogP contribution in [0.4, 0.5) is 17.1 Å². The molecule has 0 atom stereocenters. The van der Waals surface area contributed by atoms with Crippen LogP contribution in [0.25, 0.3) is 0 Å². The zero-order valence-corrected chi connectivity index (χ0v) is 16.8. The van der Waals surface area contributed by atoms with Crippen LogP contribution in [0.2, 0.25) is 0 Å². The van der Waals surface area contributed by atoms with E-state index in [9.17, 15) is 14.9 Å². The Balaban J connectivity index is 1.68. The van der Waals surface area contributed by atoms with E-state index in [-0.39, 0.29) is 11.6 Å². The second-order valence-corrected chi connectivity index (χ2v) is 6.95. The largest absolute Gasteiger partial charge is 0.380 e. The fraction of sp³-hybridized carbons (Fsp3) is 0.381. The number of morpholine rings is 1. The van der Waals surface area contributed by atoms with Crippen LogP contribution in [0.15, 0.2) is 42.5 Å². The van der Waals surface area contributed by atoms with Gasteiger partial charge in [-0.15, -0.1) is 0 Å². The summed E-state index contributed by atoms with van der Waals surface area (Å²) >= 11 is 0. The van der Waals surface area contributed by atoms with Crippen molar-refractivity contribution in [2.24, 2.45) is 0 Å². The predicted molar refractivity (Wildman–Crippen MR) is 113 cm³/mol. The van der Waals surface area contributed by atoms with Crippen LogP contribution in [0.1, 0.15) is 22.8 Å². The number of carbonyl (C=O) groups is 1. The van der Waals surface area contributed by atoms with Gasteiger partial charge in [-0.05, 0) is 36.8 Å². The minimum absolute atomic E-state index is 0.0963. The summed E-state index contributed by atoms with van der Waals surface area (Å²) in [5, 5.41) is 14.3. The normalized spacial score (nSPS) is 13.8. The van der Waals surface area contributed by atoms with Crippen molar-refractivity contribution in [3.8, 4) is 0 Å². The smallest absolute Gasteiger partial charge is 0.293 e. The summed E-state index contributed by atoms with van der Waals surface area (Å²) in [5.74, 6) is -0.256. The van der Waals surface area contributed by atoms with Gasteiger partial charge in [-0.3, -0.25) is 14.9 Å². The third-order valence-corrected chi connectivity index (χ3v) is 4.89. The van der Waals surface area contributed by atoms with Crippen molar-refractivity contribution < 1.29 is 14.5 Å². The minimum atomic E-state index is -0.473. The number of hydrogen-bond acceptors (Lipinski definition) is 6. The van der Waals surface area contributed by atoms with Crippen LogP contribution >= 0.6 is 0 Å². The van der Waals surface area contributed by atoms with Gasteiger partial charge in [0.25, 0.3) is 11.6 Å². The maximum Gasteiger partial charge on any atom is 0.293 e. The number of nitrogens with zero attached hydrogens (tertiary/aromatic N) is 3. The summed E-state index contributed by atoms with van der Waals surface area (Å²) < 4.78 is 5.38. The Morgan fingerprint density at radius 2 is 1.90 bits per heavy atom. The number of benzene rings is 2. The van der Waals surface area contributed by atoms with E-state index in [2.05, 4.69) is 22.3 Å². The van der Waals surface area contributed by atoms with Crippen LogP contribution < -0.4 is 10.2 Å². The fourth-order valence-corrected chi connectivity index (χ4v) is 3.36. The van der Waals surface area contributed by atoms with E-state index in [0.29, 0.717) is 24.3 Å². The summed E-state index contributed by atoms with van der Waals surface area (Å²) in [6.07, 6.45) is 0. The third kappa shape index (κ3) is 5.03. The van der Waals surface area contributed by atoms with E-state index in [4.69, 9.17) is 4.74 Å². The lowest BCUT2D eigenvalue weighted by atomic mass is 10.1. The Hall–Kier alpha value is -3.13. The molecule has 3 rings (SSSR count). The number of hydrogen-bond donors (Lipinski definition) is 1. The van der Waals surface area contributed by atoms with E-state index >= 15 is 0 Å². The molecule has 1 saturated heterocycles. The first kappa shape index (κ1) is 20.6. The van der Waals surface area contributed by atoms with Crippen molar-refractivity contribution in [1.82, 2.24) is 4.90 Å². The lowest BCUT2D eigenvalue weighted by molar-refractivity contribution is -0.384. The molecule has 0 radical (unpaired) electrons. The van der Waals surface area contributed by atoms with Crippen LogP contribution in [-0.4, -0.2) is 55.6 Å². The molecule has 2 aromatic carbocycles. The number of ether oxygens (including phenoxy) is 1. The number of carbonyl (C=O) groups excluding carboxylic acids is 1. The summed E-state index contributed by atoms with van der Waals surface area (Å²) in [6, 6.07) is 12.6. The van der Waals surface area contributed by atoms with Crippen molar-refractivity contribution in [3.05, 3.63) is 63.7 Å². The second kappa shape index (κ2) is 9.38. The van der Waals surface area contributed by atoms with Gasteiger partial charge in [0.05, 0.1) is 18.1 Å². The molecule has 1 aliphatic heterocycles. The molecule has 1 amide bonds. The van der Waals surface area contributed by atoms with Gasteiger partial charge in [-0.1, -0.05) is 12.1 Å². The molecule has 8 heteroatoms. The van der Waals surface area contributed by atoms with Gasteiger partial charge in [0, 0.05) is 50.5 Å². The number of amides is 1. The summed E-state index contributed by atoms with van der Waals surface area (Å²) in [5.41, 5.74) is 2.75. The first-order valence-electron chi connectivity index (χ1n) is 9.69. The number of nitrogens with one attached hydrogen (secondary N) is 1. The molecule has 1 fully saturated rings. The van der Waals surface area contributed by atoms with Crippen molar-refractivity contribution in [2.75, 3.05) is 50.1 Å². The molecular weight excluding hydrogens is 372 g/mol. The molecule has 0 aliphatic carbocycles. The molecule has 0 spiro atoms. The van der Waals surface area contributed by atoms with Crippen LogP contribution in [0, 0.1) is 10.1 Å². The average Bonchev–Trinajstić information content (AvgIpc) is 2.74. The number of nitro benzene ring substituents is 1. The van der Waals surface area contributed by atoms with Gasteiger partial charge in [-0.2, -0.15) is 0 Å². The Morgan fingerprint density at radius 1 is 1.21 bits per heavy atom. The molecule has 0 aromatic heterocycles. The number of anilines is 2. The zero-order valence-electron chi connectivity index (χ0n) is 16.8. The SMILES string of the molecule is CCNc1ccc(C(=O)N(C)Cc2ccc(N3CCOCC3)cc2)cc1[N+](=O)[O-]. The molecule has 154 valence electrons. The summed E-state index contributed by atoms with van der Waals surface area (Å²) in [6.45, 7) is 6.06. The average molecular weight is 398 g/mol. The molecule has 2 aromatic rings. The summed E-state index contributed by atoms with van der Waals surface area (Å²) in [7, 11) is 1.70. The van der Waals surface area contributed by atoms with E-state index in [1.165, 1.54) is 6.07 Å². The van der Waals surface area contributed by atoms with Gasteiger partial charge < -0.3 is 19.9 Å². The van der Waals surface area contributed by atoms with E-state index in [1.54, 1.807) is 24.1 Å². The van der Waals surface area contributed by atoms with Gasteiger partial charge in [0.2, 0.25) is 0 Å². The van der Waals surface area contributed by atoms with Gasteiger partial charge >= 0.3 is 0 Å². The van der Waals surface area contributed by atoms with Gasteiger partial charge in [0.15, 0.2) is 0 Å². The zero-order chi connectivity index (χ0) is 20.8. The van der Waals surface area contributed by atoms with E-state index < -0.39 is 4.92 Å². The monoisotopic (exact) mass is 398 g/mol. The fourth-order valence-electron chi connectivity index (χ4n) is 3.36. The number of rotatable bonds is 7. The van der Waals surface area contributed by atoms with Crippen molar-refractivity contribution in [1.29, 1.82) is 0 Å².